The second-order valence-corrected chi connectivity index (χ2v) is 6.95. The van der Waals surface area contributed by atoms with E-state index in [1.807, 2.05) is 6.20 Å². The molecule has 1 aliphatic rings. The molecule has 0 radical (unpaired) electrons. The van der Waals surface area contributed by atoms with Crippen molar-refractivity contribution in [3.63, 3.8) is 0 Å². The fraction of sp³-hybridized carbons (Fsp3) is 0.750. The van der Waals surface area contributed by atoms with Crippen molar-refractivity contribution in [2.24, 2.45) is 0 Å². The number of unbranched alkanes of at least 4 members (excludes halogenated alkanes) is 7. The molecule has 3 unspecified atom stereocenters. The van der Waals surface area contributed by atoms with Crippen molar-refractivity contribution in [2.75, 3.05) is 6.54 Å². The average molecular weight is 337 g/mol. The van der Waals surface area contributed by atoms with Gasteiger partial charge in [0.15, 0.2) is 12.3 Å². The SMILES string of the molecule is CCCCCCCCC/C=C/C1NC=C[N+]1(CC)C(C)NC(C)=O. The van der Waals surface area contributed by atoms with E-state index in [2.05, 4.69) is 49.8 Å². The number of carbonyl (C=O) groups excluding carboxylic acids is 1. The number of nitrogens with one attached hydrogen (secondary N) is 2. The Hall–Kier alpha value is -1.29. The molecule has 0 saturated heterocycles. The summed E-state index contributed by atoms with van der Waals surface area (Å²) in [5.41, 5.74) is 0. The van der Waals surface area contributed by atoms with Crippen molar-refractivity contribution in [3.8, 4) is 0 Å². The lowest BCUT2D eigenvalue weighted by Gasteiger charge is -2.40. The summed E-state index contributed by atoms with van der Waals surface area (Å²) in [7, 11) is 0. The lowest BCUT2D eigenvalue weighted by molar-refractivity contribution is -0.917. The number of quaternary nitrogens is 1. The Bertz CT molecular complexity index is 419. The zero-order chi connectivity index (χ0) is 17.8. The summed E-state index contributed by atoms with van der Waals surface area (Å²) in [6.45, 7) is 9.04. The number of hydrogen-bond acceptors (Lipinski definition) is 2. The molecule has 0 saturated carbocycles. The highest BCUT2D eigenvalue weighted by atomic mass is 16.1. The maximum Gasteiger partial charge on any atom is 0.221 e. The lowest BCUT2D eigenvalue weighted by Crippen LogP contribution is -2.62. The van der Waals surface area contributed by atoms with Crippen molar-refractivity contribution in [2.45, 2.75) is 91.4 Å². The van der Waals surface area contributed by atoms with Gasteiger partial charge in [-0.2, -0.15) is 0 Å². The zero-order valence-corrected chi connectivity index (χ0v) is 16.2. The molecule has 138 valence electrons. The number of rotatable bonds is 12. The summed E-state index contributed by atoms with van der Waals surface area (Å²) in [5, 5.41) is 6.48. The maximum atomic E-state index is 11.4. The topological polar surface area (TPSA) is 41.1 Å². The Morgan fingerprint density at radius 1 is 1.21 bits per heavy atom. The van der Waals surface area contributed by atoms with Gasteiger partial charge in [-0.05, 0) is 25.8 Å². The van der Waals surface area contributed by atoms with E-state index in [-0.39, 0.29) is 18.2 Å². The molecule has 2 N–H and O–H groups in total. The molecule has 3 atom stereocenters. The van der Waals surface area contributed by atoms with E-state index in [0.29, 0.717) is 0 Å². The van der Waals surface area contributed by atoms with Crippen LogP contribution in [0.3, 0.4) is 0 Å². The molecule has 0 spiro atoms. The van der Waals surface area contributed by atoms with Crippen LogP contribution in [0.5, 0.6) is 0 Å². The Morgan fingerprint density at radius 3 is 2.50 bits per heavy atom. The minimum absolute atomic E-state index is 0.0274. The summed E-state index contributed by atoms with van der Waals surface area (Å²) in [6.07, 6.45) is 19.6. The molecule has 4 heteroatoms. The summed E-state index contributed by atoms with van der Waals surface area (Å²) in [4.78, 5) is 11.4. The van der Waals surface area contributed by atoms with Crippen molar-refractivity contribution in [1.82, 2.24) is 10.6 Å². The molecule has 0 aromatic heterocycles. The zero-order valence-electron chi connectivity index (χ0n) is 16.2. The predicted molar refractivity (Wildman–Crippen MR) is 102 cm³/mol. The van der Waals surface area contributed by atoms with E-state index in [1.54, 1.807) is 6.92 Å². The van der Waals surface area contributed by atoms with Gasteiger partial charge in [0, 0.05) is 13.8 Å². The summed E-state index contributed by atoms with van der Waals surface area (Å²) in [6, 6.07) is 0. The van der Waals surface area contributed by atoms with Crippen LogP contribution < -0.4 is 10.6 Å². The third-order valence-electron chi connectivity index (χ3n) is 5.11. The molecular formula is C20H38N3O+. The lowest BCUT2D eigenvalue weighted by atomic mass is 10.1. The van der Waals surface area contributed by atoms with E-state index in [0.717, 1.165) is 17.4 Å². The largest absolute Gasteiger partial charge is 0.334 e. The van der Waals surface area contributed by atoms with Crippen LogP contribution in [0.15, 0.2) is 24.6 Å². The molecule has 1 heterocycles. The van der Waals surface area contributed by atoms with E-state index in [1.165, 1.54) is 44.9 Å². The monoisotopic (exact) mass is 336 g/mol. The Morgan fingerprint density at radius 2 is 1.88 bits per heavy atom. The first-order chi connectivity index (χ1) is 11.6. The molecule has 1 amide bonds. The number of carbonyl (C=O) groups is 1. The number of likely N-dealkylation sites (N-methyl/N-ethyl adjacent to an activating group) is 1. The predicted octanol–water partition coefficient (Wildman–Crippen LogP) is 4.40. The molecule has 24 heavy (non-hydrogen) atoms. The molecule has 0 aliphatic carbocycles. The van der Waals surface area contributed by atoms with E-state index < -0.39 is 0 Å². The normalized spacial score (nSPS) is 24.2. The first kappa shape index (κ1) is 20.8. The van der Waals surface area contributed by atoms with Gasteiger partial charge < -0.3 is 10.6 Å². The maximum absolute atomic E-state index is 11.4. The number of nitrogens with zero attached hydrogens (tertiary/aromatic N) is 1. The number of amides is 1. The minimum atomic E-state index is 0.0274. The van der Waals surface area contributed by atoms with E-state index in [9.17, 15) is 4.79 Å². The molecule has 1 aliphatic heterocycles. The third kappa shape index (κ3) is 6.31. The van der Waals surface area contributed by atoms with Gasteiger partial charge in [0.1, 0.15) is 6.20 Å². The van der Waals surface area contributed by atoms with Crippen LogP contribution in [0.1, 0.15) is 79.1 Å². The summed E-state index contributed by atoms with van der Waals surface area (Å²) in [5.74, 6) is 0.0274. The van der Waals surface area contributed by atoms with Gasteiger partial charge in [-0.3, -0.25) is 9.28 Å². The Balaban J connectivity index is 2.38. The smallest absolute Gasteiger partial charge is 0.221 e. The molecule has 0 fully saturated rings. The van der Waals surface area contributed by atoms with Crippen molar-refractivity contribution in [1.29, 1.82) is 0 Å². The first-order valence-corrected chi connectivity index (χ1v) is 9.81. The van der Waals surface area contributed by atoms with Crippen LogP contribution in [0.4, 0.5) is 0 Å². The molecule has 0 aromatic carbocycles. The van der Waals surface area contributed by atoms with Crippen LogP contribution >= 0.6 is 0 Å². The molecule has 4 nitrogen and oxygen atoms in total. The van der Waals surface area contributed by atoms with Crippen LogP contribution in [-0.2, 0) is 4.79 Å². The van der Waals surface area contributed by atoms with Crippen molar-refractivity contribution < 1.29 is 9.28 Å². The van der Waals surface area contributed by atoms with Crippen molar-refractivity contribution >= 4 is 5.91 Å². The van der Waals surface area contributed by atoms with Gasteiger partial charge in [0.2, 0.25) is 5.91 Å². The third-order valence-corrected chi connectivity index (χ3v) is 5.11. The van der Waals surface area contributed by atoms with Gasteiger partial charge >= 0.3 is 0 Å². The highest BCUT2D eigenvalue weighted by Gasteiger charge is 2.40. The molecule has 0 aromatic rings. The minimum Gasteiger partial charge on any atom is -0.334 e. The van der Waals surface area contributed by atoms with Gasteiger partial charge in [-0.1, -0.05) is 51.5 Å². The Kier molecular flexibility index (Phi) is 9.77. The van der Waals surface area contributed by atoms with Crippen LogP contribution in [0.25, 0.3) is 0 Å². The molecule has 0 bridgehead atoms. The number of allylic oxidation sites excluding steroid dienone is 1. The second kappa shape index (κ2) is 11.3. The fourth-order valence-corrected chi connectivity index (χ4v) is 3.53. The summed E-state index contributed by atoms with van der Waals surface area (Å²) < 4.78 is 0.729. The average Bonchev–Trinajstić information content (AvgIpc) is 2.97. The number of hydrogen-bond donors (Lipinski definition) is 2. The summed E-state index contributed by atoms with van der Waals surface area (Å²) >= 11 is 0. The first-order valence-electron chi connectivity index (χ1n) is 9.81. The van der Waals surface area contributed by atoms with Gasteiger partial charge in [-0.25, -0.2) is 0 Å². The van der Waals surface area contributed by atoms with Crippen LogP contribution in [0, 0.1) is 0 Å². The molecular weight excluding hydrogens is 298 g/mol. The van der Waals surface area contributed by atoms with Gasteiger partial charge in [0.25, 0.3) is 0 Å². The molecule has 1 rings (SSSR count). The van der Waals surface area contributed by atoms with Crippen LogP contribution in [-0.4, -0.2) is 29.3 Å². The quantitative estimate of drug-likeness (QED) is 0.315. The highest BCUT2D eigenvalue weighted by Crippen LogP contribution is 2.23. The van der Waals surface area contributed by atoms with Gasteiger partial charge in [0.05, 0.1) is 12.7 Å². The second-order valence-electron chi connectivity index (χ2n) is 6.95. The highest BCUT2D eigenvalue weighted by molar-refractivity contribution is 5.72. The van der Waals surface area contributed by atoms with E-state index >= 15 is 0 Å². The fourth-order valence-electron chi connectivity index (χ4n) is 3.53. The van der Waals surface area contributed by atoms with E-state index in [4.69, 9.17) is 0 Å². The van der Waals surface area contributed by atoms with Gasteiger partial charge in [-0.15, -0.1) is 0 Å². The Labute approximate surface area is 149 Å². The standard InChI is InChI=1S/C20H37N3O/c1-5-7-8-9-10-11-12-13-14-15-20-21-16-17-23(20,6-2)18(3)22-19(4)24/h14-18,20-21H,5-13H2,1-4H3/p+1/b15-14+. The van der Waals surface area contributed by atoms with Crippen LogP contribution in [0.2, 0.25) is 0 Å². The van der Waals surface area contributed by atoms with Crippen molar-refractivity contribution in [3.05, 3.63) is 24.6 Å².